The molecule has 6 nitrogen and oxygen atoms in total. The lowest BCUT2D eigenvalue weighted by Gasteiger charge is -2.32. The molecular weight excluding hydrogens is 388 g/mol. The fourth-order valence-corrected chi connectivity index (χ4v) is 4.19. The molecule has 0 saturated carbocycles. The molecule has 1 aromatic carbocycles. The van der Waals surface area contributed by atoms with E-state index in [2.05, 4.69) is 62.6 Å². The summed E-state index contributed by atoms with van der Waals surface area (Å²) in [4.78, 5) is 28.2. The number of rotatable bonds is 8. The van der Waals surface area contributed by atoms with Gasteiger partial charge in [0.1, 0.15) is 6.04 Å². The molecule has 1 saturated heterocycles. The number of amides is 2. The molecule has 1 aliphatic heterocycles. The molecule has 0 bridgehead atoms. The zero-order valence-electron chi connectivity index (χ0n) is 20.6. The van der Waals surface area contributed by atoms with Crippen molar-refractivity contribution in [1.29, 1.82) is 0 Å². The molecule has 31 heavy (non-hydrogen) atoms. The van der Waals surface area contributed by atoms with Crippen LogP contribution in [-0.4, -0.2) is 61.5 Å². The number of carbonyl (C=O) groups is 2. The van der Waals surface area contributed by atoms with Gasteiger partial charge < -0.3 is 20.4 Å². The van der Waals surface area contributed by atoms with Gasteiger partial charge >= 0.3 is 0 Å². The maximum Gasteiger partial charge on any atom is 0.278 e. The van der Waals surface area contributed by atoms with Gasteiger partial charge in [-0.2, -0.15) is 0 Å². The standard InChI is InChI=1S/C25H42N4O2/c1-18(2)20-8-10-21(11-9-20)24(19(3)4)26-16-23(31)29-14-12-28(13-15-29)17-22(30)27-25(5,6)7/h8-11,18-19,24,26H,12-17H2,1-7H3,(H,27,30)/p+2/t24-/m1/s1. The molecule has 2 rings (SSSR count). The van der Waals surface area contributed by atoms with Crippen molar-refractivity contribution in [3.63, 3.8) is 0 Å². The molecule has 0 aliphatic carbocycles. The summed E-state index contributed by atoms with van der Waals surface area (Å²) in [6.07, 6.45) is 0. The summed E-state index contributed by atoms with van der Waals surface area (Å²) in [7, 11) is 0. The third-order valence-corrected chi connectivity index (χ3v) is 6.00. The first-order valence-electron chi connectivity index (χ1n) is 11.8. The van der Waals surface area contributed by atoms with Crippen molar-refractivity contribution in [1.82, 2.24) is 10.2 Å². The number of nitrogens with zero attached hydrogens (tertiary/aromatic N) is 1. The number of nitrogens with two attached hydrogens (primary N) is 1. The number of hydrogen-bond donors (Lipinski definition) is 3. The molecule has 1 fully saturated rings. The minimum absolute atomic E-state index is 0.0823. The maximum absolute atomic E-state index is 12.8. The van der Waals surface area contributed by atoms with Gasteiger partial charge in [-0.1, -0.05) is 52.0 Å². The molecule has 0 radical (unpaired) electrons. The predicted octanol–water partition coefficient (Wildman–Crippen LogP) is 0.712. The maximum atomic E-state index is 12.8. The van der Waals surface area contributed by atoms with E-state index in [1.807, 2.05) is 25.7 Å². The first kappa shape index (κ1) is 25.3. The highest BCUT2D eigenvalue weighted by Gasteiger charge is 2.28. The molecule has 4 N–H and O–H groups in total. The smallest absolute Gasteiger partial charge is 0.278 e. The first-order valence-corrected chi connectivity index (χ1v) is 11.8. The van der Waals surface area contributed by atoms with Crippen molar-refractivity contribution in [3.8, 4) is 0 Å². The van der Waals surface area contributed by atoms with Crippen LogP contribution in [0.4, 0.5) is 0 Å². The third-order valence-electron chi connectivity index (χ3n) is 6.00. The second kappa shape index (κ2) is 11.1. The van der Waals surface area contributed by atoms with E-state index < -0.39 is 0 Å². The molecule has 0 unspecified atom stereocenters. The summed E-state index contributed by atoms with van der Waals surface area (Å²) in [5, 5.41) is 5.21. The van der Waals surface area contributed by atoms with Gasteiger partial charge in [-0.25, -0.2) is 0 Å². The summed E-state index contributed by atoms with van der Waals surface area (Å²) < 4.78 is 0. The Morgan fingerprint density at radius 1 is 1.03 bits per heavy atom. The topological polar surface area (TPSA) is 70.5 Å². The fourth-order valence-electron chi connectivity index (χ4n) is 4.19. The van der Waals surface area contributed by atoms with E-state index in [0.29, 0.717) is 24.9 Å². The summed E-state index contributed by atoms with van der Waals surface area (Å²) in [6, 6.07) is 9.13. The Morgan fingerprint density at radius 3 is 2.06 bits per heavy atom. The van der Waals surface area contributed by atoms with Gasteiger partial charge in [0.15, 0.2) is 13.1 Å². The first-order chi connectivity index (χ1) is 14.5. The van der Waals surface area contributed by atoms with Crippen molar-refractivity contribution in [2.24, 2.45) is 5.92 Å². The highest BCUT2D eigenvalue weighted by atomic mass is 16.2. The average Bonchev–Trinajstić information content (AvgIpc) is 2.67. The summed E-state index contributed by atoms with van der Waals surface area (Å²) in [6.45, 7) is 18.9. The molecule has 1 aliphatic rings. The quantitative estimate of drug-likeness (QED) is 0.566. The van der Waals surface area contributed by atoms with Crippen LogP contribution in [0.3, 0.4) is 0 Å². The van der Waals surface area contributed by atoms with Gasteiger partial charge in [-0.15, -0.1) is 0 Å². The normalized spacial score (nSPS) is 16.6. The van der Waals surface area contributed by atoms with Crippen LogP contribution >= 0.6 is 0 Å². The molecule has 1 heterocycles. The summed E-state index contributed by atoms with van der Waals surface area (Å²) >= 11 is 0. The third kappa shape index (κ3) is 8.26. The fraction of sp³-hybridized carbons (Fsp3) is 0.680. The highest BCUT2D eigenvalue weighted by Crippen LogP contribution is 2.21. The number of nitrogens with one attached hydrogen (secondary N) is 2. The largest absolute Gasteiger partial charge is 0.347 e. The Kier molecular flexibility index (Phi) is 9.07. The van der Waals surface area contributed by atoms with Crippen LogP contribution in [0.15, 0.2) is 24.3 Å². The van der Waals surface area contributed by atoms with Crippen molar-refractivity contribution in [2.45, 2.75) is 66.0 Å². The van der Waals surface area contributed by atoms with E-state index in [0.717, 1.165) is 26.2 Å². The lowest BCUT2D eigenvalue weighted by atomic mass is 9.93. The Balaban J connectivity index is 1.83. The van der Waals surface area contributed by atoms with Crippen molar-refractivity contribution < 1.29 is 19.8 Å². The van der Waals surface area contributed by atoms with E-state index in [9.17, 15) is 9.59 Å². The van der Waals surface area contributed by atoms with Crippen molar-refractivity contribution in [2.75, 3.05) is 39.3 Å². The Bertz CT molecular complexity index is 714. The van der Waals surface area contributed by atoms with Gasteiger partial charge in [-0.3, -0.25) is 9.59 Å². The van der Waals surface area contributed by atoms with E-state index in [4.69, 9.17) is 0 Å². The molecule has 2 amide bonds. The molecular formula is C25H44N4O2+2. The lowest BCUT2D eigenvalue weighted by molar-refractivity contribution is -0.896. The minimum atomic E-state index is -0.202. The van der Waals surface area contributed by atoms with Crippen LogP contribution in [0.1, 0.15) is 71.6 Å². The summed E-state index contributed by atoms with van der Waals surface area (Å²) in [5.74, 6) is 1.25. The average molecular weight is 433 g/mol. The highest BCUT2D eigenvalue weighted by molar-refractivity contribution is 5.78. The van der Waals surface area contributed by atoms with Crippen LogP contribution in [0.25, 0.3) is 0 Å². The van der Waals surface area contributed by atoms with Crippen molar-refractivity contribution >= 4 is 11.8 Å². The zero-order valence-corrected chi connectivity index (χ0v) is 20.6. The molecule has 0 spiro atoms. The zero-order chi connectivity index (χ0) is 23.2. The van der Waals surface area contributed by atoms with Crippen LogP contribution < -0.4 is 15.5 Å². The van der Waals surface area contributed by atoms with Crippen LogP contribution in [0.2, 0.25) is 0 Å². The second-order valence-corrected chi connectivity index (χ2v) is 10.6. The lowest BCUT2D eigenvalue weighted by Crippen LogP contribution is -3.16. The Morgan fingerprint density at radius 2 is 1.58 bits per heavy atom. The molecule has 1 atom stereocenters. The predicted molar refractivity (Wildman–Crippen MR) is 125 cm³/mol. The van der Waals surface area contributed by atoms with Gasteiger partial charge in [0, 0.05) is 17.0 Å². The molecule has 1 aromatic rings. The SMILES string of the molecule is CC(C)c1ccc([C@H]([NH2+]CC(=O)N2CC[NH+](CC(=O)NC(C)(C)C)CC2)C(C)C)cc1. The molecule has 6 heteroatoms. The Hall–Kier alpha value is -1.92. The van der Waals surface area contributed by atoms with E-state index in [1.54, 1.807) is 0 Å². The van der Waals surface area contributed by atoms with E-state index >= 15 is 0 Å². The van der Waals surface area contributed by atoms with Crippen LogP contribution in [0.5, 0.6) is 0 Å². The molecule has 0 aromatic heterocycles. The number of carbonyl (C=O) groups excluding carboxylic acids is 2. The number of benzene rings is 1. The Labute approximate surface area is 188 Å². The van der Waals surface area contributed by atoms with Gasteiger partial charge in [0.2, 0.25) is 0 Å². The van der Waals surface area contributed by atoms with Gasteiger partial charge in [0.05, 0.1) is 26.2 Å². The number of quaternary nitrogens is 2. The minimum Gasteiger partial charge on any atom is -0.347 e. The number of piperazine rings is 1. The van der Waals surface area contributed by atoms with Gasteiger partial charge in [-0.05, 0) is 32.3 Å². The summed E-state index contributed by atoms with van der Waals surface area (Å²) in [5.41, 5.74) is 2.43. The van der Waals surface area contributed by atoms with Gasteiger partial charge in [0.25, 0.3) is 11.8 Å². The monoisotopic (exact) mass is 432 g/mol. The van der Waals surface area contributed by atoms with Crippen LogP contribution in [-0.2, 0) is 9.59 Å². The van der Waals surface area contributed by atoms with E-state index in [1.165, 1.54) is 16.0 Å². The van der Waals surface area contributed by atoms with Crippen LogP contribution in [0, 0.1) is 5.92 Å². The second-order valence-electron chi connectivity index (χ2n) is 10.6. The molecule has 174 valence electrons. The van der Waals surface area contributed by atoms with Crippen molar-refractivity contribution in [3.05, 3.63) is 35.4 Å². The van der Waals surface area contributed by atoms with E-state index in [-0.39, 0.29) is 23.4 Å². The number of hydrogen-bond acceptors (Lipinski definition) is 2.